The van der Waals surface area contributed by atoms with Crippen molar-refractivity contribution in [2.75, 3.05) is 13.7 Å². The largest absolute Gasteiger partial charge is 0.424 e. The summed E-state index contributed by atoms with van der Waals surface area (Å²) in [5.74, 6) is -0.229. The first-order valence-corrected chi connectivity index (χ1v) is 6.49. The maximum Gasteiger partial charge on any atom is 0.321 e. The molecule has 0 N–H and O–H groups in total. The van der Waals surface area contributed by atoms with Gasteiger partial charge in [-0.15, -0.1) is 5.10 Å². The first-order chi connectivity index (χ1) is 9.08. The lowest BCUT2D eigenvalue weighted by Crippen LogP contribution is -2.07. The van der Waals surface area contributed by atoms with Crippen molar-refractivity contribution in [1.29, 1.82) is 0 Å². The van der Waals surface area contributed by atoms with E-state index in [1.807, 2.05) is 0 Å². The van der Waals surface area contributed by atoms with Gasteiger partial charge < -0.3 is 9.47 Å². The highest BCUT2D eigenvalue weighted by atomic mass is 79.9. The Kier molecular flexibility index (Phi) is 4.73. The second-order valence-electron chi connectivity index (χ2n) is 3.59. The molecule has 0 fully saturated rings. The molecule has 8 heteroatoms. The molecule has 0 saturated heterocycles. The average molecular weight is 351 g/mol. The number of methoxy groups -OCH3 is 1. The molecule has 0 aliphatic heterocycles. The average Bonchev–Trinajstić information content (AvgIpc) is 2.65. The molecule has 1 aromatic heterocycles. The van der Waals surface area contributed by atoms with Crippen LogP contribution in [0.25, 0.3) is 0 Å². The Bertz CT molecular complexity index is 559. The van der Waals surface area contributed by atoms with Crippen LogP contribution in [0.4, 0.5) is 4.39 Å². The fourth-order valence-corrected chi connectivity index (χ4v) is 1.95. The third-order valence-corrected chi connectivity index (χ3v) is 2.72. The fourth-order valence-electron chi connectivity index (χ4n) is 1.39. The molecule has 1 heterocycles. The maximum absolute atomic E-state index is 13.2. The predicted molar refractivity (Wildman–Crippen MR) is 71.1 cm³/mol. The molecule has 0 atom stereocenters. The van der Waals surface area contributed by atoms with Gasteiger partial charge in [0.15, 0.2) is 0 Å². The smallest absolute Gasteiger partial charge is 0.321 e. The van der Waals surface area contributed by atoms with Gasteiger partial charge in [0.1, 0.15) is 11.6 Å². The van der Waals surface area contributed by atoms with E-state index in [0.717, 1.165) is 0 Å². The molecule has 0 aliphatic carbocycles. The van der Waals surface area contributed by atoms with E-state index in [0.29, 0.717) is 17.9 Å². The molecule has 2 rings (SSSR count). The van der Waals surface area contributed by atoms with Crippen molar-refractivity contribution >= 4 is 27.5 Å². The van der Waals surface area contributed by atoms with E-state index in [1.165, 1.54) is 22.9 Å². The molecule has 0 bridgehead atoms. The molecule has 1 aromatic carbocycles. The van der Waals surface area contributed by atoms with Crippen LogP contribution in [0.2, 0.25) is 5.02 Å². The third-order valence-electron chi connectivity index (χ3n) is 2.16. The molecule has 0 radical (unpaired) electrons. The van der Waals surface area contributed by atoms with Crippen LogP contribution in [0, 0.1) is 5.82 Å². The second kappa shape index (κ2) is 6.31. The fraction of sp³-hybridized carbons (Fsp3) is 0.273. The Morgan fingerprint density at radius 3 is 2.89 bits per heavy atom. The van der Waals surface area contributed by atoms with E-state index in [9.17, 15) is 4.39 Å². The molecule has 5 nitrogen and oxygen atoms in total. The van der Waals surface area contributed by atoms with Crippen molar-refractivity contribution in [3.63, 3.8) is 0 Å². The minimum absolute atomic E-state index is 0.227. The van der Waals surface area contributed by atoms with Crippen LogP contribution in [0.3, 0.4) is 0 Å². The number of nitrogens with zero attached hydrogens (tertiary/aromatic N) is 3. The first-order valence-electron chi connectivity index (χ1n) is 5.31. The molecule has 0 saturated carbocycles. The van der Waals surface area contributed by atoms with Gasteiger partial charge in [-0.25, -0.2) is 9.07 Å². The molecule has 102 valence electrons. The number of aromatic nitrogens is 3. The van der Waals surface area contributed by atoms with Crippen LogP contribution in [-0.4, -0.2) is 28.5 Å². The van der Waals surface area contributed by atoms with Gasteiger partial charge in [-0.3, -0.25) is 0 Å². The molecule has 19 heavy (non-hydrogen) atoms. The number of ether oxygens (including phenoxy) is 2. The monoisotopic (exact) mass is 349 g/mol. The Hall–Kier alpha value is -1.18. The lowest BCUT2D eigenvalue weighted by atomic mass is 10.3. The molecule has 0 aliphatic rings. The highest BCUT2D eigenvalue weighted by Gasteiger charge is 2.11. The van der Waals surface area contributed by atoms with Crippen molar-refractivity contribution in [1.82, 2.24) is 14.8 Å². The van der Waals surface area contributed by atoms with Crippen LogP contribution in [0.1, 0.15) is 0 Å². The van der Waals surface area contributed by atoms with Crippen LogP contribution < -0.4 is 4.74 Å². The molecular formula is C11H10BrClFN3O2. The topological polar surface area (TPSA) is 49.2 Å². The lowest BCUT2D eigenvalue weighted by molar-refractivity contribution is 0.179. The van der Waals surface area contributed by atoms with E-state index >= 15 is 0 Å². The zero-order valence-corrected chi connectivity index (χ0v) is 12.3. The SMILES string of the molecule is COCCn1nc(Br)nc1Oc1cc(F)cc(Cl)c1. The summed E-state index contributed by atoms with van der Waals surface area (Å²) in [7, 11) is 1.58. The molecule has 0 unspecified atom stereocenters. The summed E-state index contributed by atoms with van der Waals surface area (Å²) in [6.45, 7) is 0.920. The van der Waals surface area contributed by atoms with Crippen molar-refractivity contribution in [2.24, 2.45) is 0 Å². The number of hydrogen-bond donors (Lipinski definition) is 0. The minimum atomic E-state index is -0.482. The van der Waals surface area contributed by atoms with Crippen molar-refractivity contribution < 1.29 is 13.9 Å². The van der Waals surface area contributed by atoms with Gasteiger partial charge in [-0.2, -0.15) is 4.98 Å². The molecule has 0 amide bonds. The van der Waals surface area contributed by atoms with E-state index in [-0.39, 0.29) is 16.8 Å². The number of halogens is 3. The van der Waals surface area contributed by atoms with Gasteiger partial charge in [0.05, 0.1) is 13.2 Å². The van der Waals surface area contributed by atoms with Crippen LogP contribution >= 0.6 is 27.5 Å². The third kappa shape index (κ3) is 3.89. The summed E-state index contributed by atoms with van der Waals surface area (Å²) in [6, 6.07) is 4.13. The summed E-state index contributed by atoms with van der Waals surface area (Å²) >= 11 is 8.91. The van der Waals surface area contributed by atoms with Crippen LogP contribution in [-0.2, 0) is 11.3 Å². The highest BCUT2D eigenvalue weighted by molar-refractivity contribution is 9.10. The van der Waals surface area contributed by atoms with Crippen LogP contribution in [0.5, 0.6) is 11.8 Å². The van der Waals surface area contributed by atoms with Gasteiger partial charge in [-0.1, -0.05) is 11.6 Å². The Morgan fingerprint density at radius 2 is 2.21 bits per heavy atom. The minimum Gasteiger partial charge on any atom is -0.424 e. The summed E-state index contributed by atoms with van der Waals surface area (Å²) in [5.41, 5.74) is 0. The second-order valence-corrected chi connectivity index (χ2v) is 4.73. The Morgan fingerprint density at radius 1 is 1.42 bits per heavy atom. The van der Waals surface area contributed by atoms with Crippen LogP contribution in [0.15, 0.2) is 22.9 Å². The highest BCUT2D eigenvalue weighted by Crippen LogP contribution is 2.25. The van der Waals surface area contributed by atoms with Crippen molar-refractivity contribution in [3.05, 3.63) is 33.8 Å². The zero-order valence-electron chi connectivity index (χ0n) is 9.94. The van der Waals surface area contributed by atoms with Gasteiger partial charge >= 0.3 is 6.01 Å². The standard InChI is InChI=1S/C11H10BrClFN3O2/c1-18-3-2-17-11(15-10(12)16-17)19-9-5-7(13)4-8(14)6-9/h4-6H,2-3H2,1H3. The normalized spacial score (nSPS) is 10.7. The maximum atomic E-state index is 13.2. The van der Waals surface area contributed by atoms with Gasteiger partial charge in [-0.05, 0) is 28.1 Å². The summed E-state index contributed by atoms with van der Waals surface area (Å²) in [4.78, 5) is 4.04. The van der Waals surface area contributed by atoms with E-state index in [1.54, 1.807) is 7.11 Å². The quantitative estimate of drug-likeness (QED) is 0.830. The van der Waals surface area contributed by atoms with E-state index in [2.05, 4.69) is 26.0 Å². The van der Waals surface area contributed by atoms with E-state index < -0.39 is 5.82 Å². The lowest BCUT2D eigenvalue weighted by Gasteiger charge is -2.07. The summed E-state index contributed by atoms with van der Waals surface area (Å²) in [6.07, 6.45) is 0. The summed E-state index contributed by atoms with van der Waals surface area (Å²) in [5, 5.41) is 4.33. The Balaban J connectivity index is 2.22. The number of rotatable bonds is 5. The van der Waals surface area contributed by atoms with Gasteiger partial charge in [0, 0.05) is 18.2 Å². The van der Waals surface area contributed by atoms with Crippen molar-refractivity contribution in [3.8, 4) is 11.8 Å². The van der Waals surface area contributed by atoms with E-state index in [4.69, 9.17) is 21.1 Å². The Labute approximate surface area is 122 Å². The molecule has 0 spiro atoms. The zero-order chi connectivity index (χ0) is 13.8. The first kappa shape index (κ1) is 14.2. The predicted octanol–water partition coefficient (Wildman–Crippen LogP) is 3.27. The van der Waals surface area contributed by atoms with Crippen molar-refractivity contribution in [2.45, 2.75) is 6.54 Å². The number of benzene rings is 1. The summed E-state index contributed by atoms with van der Waals surface area (Å²) < 4.78 is 25.5. The molecule has 2 aromatic rings. The number of hydrogen-bond acceptors (Lipinski definition) is 4. The van der Waals surface area contributed by atoms with Gasteiger partial charge in [0.25, 0.3) is 0 Å². The van der Waals surface area contributed by atoms with Gasteiger partial charge in [0.2, 0.25) is 4.73 Å². The molecular weight excluding hydrogens is 340 g/mol.